The number of hydrogen-bond acceptors (Lipinski definition) is 4. The second-order valence-electron chi connectivity index (χ2n) is 3.49. The average Bonchev–Trinajstić information content (AvgIpc) is 2.33. The van der Waals surface area contributed by atoms with Crippen LogP contribution in [-0.4, -0.2) is 24.2 Å². The van der Waals surface area contributed by atoms with Crippen LogP contribution in [0.25, 0.3) is 0 Å². The van der Waals surface area contributed by atoms with Crippen molar-refractivity contribution in [2.24, 2.45) is 0 Å². The van der Waals surface area contributed by atoms with Crippen LogP contribution in [0.2, 0.25) is 0 Å². The standard InChI is InChI=1S/C13H21NOS3/c1-6-12(17-5)9-13(15)14-11(3)18-10(2)7-8-16-4/h6H,2-3,7-9H2,1,4-5H3,(H,14,15)/b12-6-. The third-order valence-electron chi connectivity index (χ3n) is 2.05. The maximum absolute atomic E-state index is 11.7. The van der Waals surface area contributed by atoms with E-state index in [0.29, 0.717) is 11.4 Å². The van der Waals surface area contributed by atoms with Crippen molar-refractivity contribution in [2.45, 2.75) is 19.8 Å². The van der Waals surface area contributed by atoms with E-state index in [4.69, 9.17) is 0 Å². The summed E-state index contributed by atoms with van der Waals surface area (Å²) in [5, 5.41) is 3.45. The number of carbonyl (C=O) groups is 1. The van der Waals surface area contributed by atoms with Crippen LogP contribution >= 0.6 is 35.3 Å². The van der Waals surface area contributed by atoms with Gasteiger partial charge < -0.3 is 5.32 Å². The van der Waals surface area contributed by atoms with Crippen molar-refractivity contribution in [1.29, 1.82) is 0 Å². The SMILES string of the molecule is C=C(CCSC)SC(=C)NC(=O)C/C(=C/C)SC. The molecule has 1 amide bonds. The lowest BCUT2D eigenvalue weighted by Gasteiger charge is -2.10. The van der Waals surface area contributed by atoms with Gasteiger partial charge in [0, 0.05) is 0 Å². The maximum Gasteiger partial charge on any atom is 0.229 e. The van der Waals surface area contributed by atoms with Crippen LogP contribution in [0.4, 0.5) is 0 Å². The van der Waals surface area contributed by atoms with Gasteiger partial charge in [-0.1, -0.05) is 31.0 Å². The molecule has 1 N–H and O–H groups in total. The van der Waals surface area contributed by atoms with Crippen molar-refractivity contribution in [3.8, 4) is 0 Å². The van der Waals surface area contributed by atoms with Crippen molar-refractivity contribution in [3.63, 3.8) is 0 Å². The monoisotopic (exact) mass is 303 g/mol. The van der Waals surface area contributed by atoms with E-state index in [1.54, 1.807) is 23.5 Å². The van der Waals surface area contributed by atoms with Crippen LogP contribution in [0.15, 0.2) is 34.1 Å². The zero-order chi connectivity index (χ0) is 14.0. The van der Waals surface area contributed by atoms with Gasteiger partial charge in [0.15, 0.2) is 0 Å². The number of carbonyl (C=O) groups excluding carboxylic acids is 1. The predicted molar refractivity (Wildman–Crippen MR) is 88.9 cm³/mol. The van der Waals surface area contributed by atoms with E-state index in [1.807, 2.05) is 19.3 Å². The van der Waals surface area contributed by atoms with E-state index < -0.39 is 0 Å². The van der Waals surface area contributed by atoms with E-state index in [-0.39, 0.29) is 5.91 Å². The van der Waals surface area contributed by atoms with Crippen molar-refractivity contribution in [2.75, 3.05) is 18.3 Å². The summed E-state index contributed by atoms with van der Waals surface area (Å²) in [6.07, 6.45) is 7.34. The van der Waals surface area contributed by atoms with E-state index in [9.17, 15) is 4.79 Å². The number of rotatable bonds is 9. The fraction of sp³-hybridized carbons (Fsp3) is 0.462. The Kier molecular flexibility index (Phi) is 10.5. The molecule has 18 heavy (non-hydrogen) atoms. The molecular formula is C13H21NOS3. The van der Waals surface area contributed by atoms with Crippen LogP contribution < -0.4 is 5.32 Å². The molecule has 102 valence electrons. The first kappa shape index (κ1) is 17.7. The first-order valence-corrected chi connectivity index (χ1v) is 8.99. The molecule has 0 aromatic carbocycles. The molecule has 0 saturated carbocycles. The van der Waals surface area contributed by atoms with Crippen LogP contribution in [0.1, 0.15) is 19.8 Å². The summed E-state index contributed by atoms with van der Waals surface area (Å²) in [5.74, 6) is 1.02. The molecule has 2 nitrogen and oxygen atoms in total. The lowest BCUT2D eigenvalue weighted by Crippen LogP contribution is -2.20. The number of amides is 1. The largest absolute Gasteiger partial charge is 0.321 e. The number of allylic oxidation sites excluding steroid dienone is 2. The molecule has 0 aromatic rings. The number of nitrogens with one attached hydrogen (secondary N) is 1. The van der Waals surface area contributed by atoms with Gasteiger partial charge in [-0.05, 0) is 41.4 Å². The Bertz CT molecular complexity index is 337. The minimum Gasteiger partial charge on any atom is -0.321 e. The molecule has 0 aliphatic carbocycles. The fourth-order valence-electron chi connectivity index (χ4n) is 1.12. The summed E-state index contributed by atoms with van der Waals surface area (Å²) in [7, 11) is 0. The summed E-state index contributed by atoms with van der Waals surface area (Å²) < 4.78 is 0. The molecule has 0 fully saturated rings. The Labute approximate surface area is 123 Å². The highest BCUT2D eigenvalue weighted by atomic mass is 32.2. The quantitative estimate of drug-likeness (QED) is 0.690. The first-order valence-electron chi connectivity index (χ1n) is 5.56. The first-order chi connectivity index (χ1) is 8.53. The van der Waals surface area contributed by atoms with Gasteiger partial charge >= 0.3 is 0 Å². The highest BCUT2D eigenvalue weighted by molar-refractivity contribution is 8.06. The van der Waals surface area contributed by atoms with E-state index in [0.717, 1.165) is 22.0 Å². The molecule has 0 rings (SSSR count). The smallest absolute Gasteiger partial charge is 0.229 e. The maximum atomic E-state index is 11.7. The van der Waals surface area contributed by atoms with Crippen LogP contribution in [0, 0.1) is 0 Å². The van der Waals surface area contributed by atoms with Crippen molar-refractivity contribution >= 4 is 41.2 Å². The van der Waals surface area contributed by atoms with Gasteiger partial charge in [0.25, 0.3) is 0 Å². The molecule has 0 unspecified atom stereocenters. The lowest BCUT2D eigenvalue weighted by molar-refractivity contribution is -0.119. The summed E-state index contributed by atoms with van der Waals surface area (Å²) in [5.41, 5.74) is 0. The number of hydrogen-bond donors (Lipinski definition) is 1. The van der Waals surface area contributed by atoms with E-state index >= 15 is 0 Å². The van der Waals surface area contributed by atoms with Gasteiger partial charge in [0.2, 0.25) is 5.91 Å². The summed E-state index contributed by atoms with van der Waals surface area (Å²) >= 11 is 4.83. The van der Waals surface area contributed by atoms with E-state index in [2.05, 4.69) is 24.7 Å². The molecule has 0 heterocycles. The lowest BCUT2D eigenvalue weighted by atomic mass is 10.3. The van der Waals surface area contributed by atoms with Gasteiger partial charge in [-0.25, -0.2) is 0 Å². The number of thioether (sulfide) groups is 3. The fourth-order valence-corrected chi connectivity index (χ4v) is 2.93. The van der Waals surface area contributed by atoms with Gasteiger partial charge in [-0.15, -0.1) is 11.8 Å². The molecule has 0 bridgehead atoms. The Morgan fingerprint density at radius 1 is 1.33 bits per heavy atom. The van der Waals surface area contributed by atoms with Crippen molar-refractivity contribution < 1.29 is 4.79 Å². The zero-order valence-corrected chi connectivity index (χ0v) is 13.7. The highest BCUT2D eigenvalue weighted by Crippen LogP contribution is 2.24. The normalized spacial score (nSPS) is 11.2. The highest BCUT2D eigenvalue weighted by Gasteiger charge is 2.07. The van der Waals surface area contributed by atoms with Gasteiger partial charge in [0.1, 0.15) is 0 Å². The van der Waals surface area contributed by atoms with Gasteiger partial charge in [0.05, 0.1) is 11.4 Å². The topological polar surface area (TPSA) is 29.1 Å². The van der Waals surface area contributed by atoms with Gasteiger partial charge in [-0.2, -0.15) is 11.8 Å². The van der Waals surface area contributed by atoms with E-state index in [1.165, 1.54) is 11.8 Å². The Morgan fingerprint density at radius 3 is 2.50 bits per heavy atom. The second-order valence-corrected chi connectivity index (χ2v) is 6.68. The van der Waals surface area contributed by atoms with Gasteiger partial charge in [-0.3, -0.25) is 4.79 Å². The molecule has 0 aliphatic rings. The molecule has 5 heteroatoms. The molecule has 0 saturated heterocycles. The minimum absolute atomic E-state index is 0.0207. The molecule has 0 aromatic heterocycles. The summed E-state index contributed by atoms with van der Waals surface area (Å²) in [6, 6.07) is 0. The van der Waals surface area contributed by atoms with Crippen LogP contribution in [-0.2, 0) is 4.79 Å². The summed E-state index contributed by atoms with van der Waals surface area (Å²) in [6.45, 7) is 9.73. The zero-order valence-electron chi connectivity index (χ0n) is 11.2. The second kappa shape index (κ2) is 10.6. The molecule has 0 aliphatic heterocycles. The average molecular weight is 304 g/mol. The van der Waals surface area contributed by atoms with Crippen molar-refractivity contribution in [3.05, 3.63) is 34.1 Å². The molecule has 0 spiro atoms. The third-order valence-corrected chi connectivity index (χ3v) is 4.41. The molecular weight excluding hydrogens is 282 g/mol. The third kappa shape index (κ3) is 8.78. The Hall–Kier alpha value is -0.260. The molecule has 0 radical (unpaired) electrons. The van der Waals surface area contributed by atoms with Crippen molar-refractivity contribution in [1.82, 2.24) is 5.32 Å². The molecule has 0 atom stereocenters. The Balaban J connectivity index is 4.01. The Morgan fingerprint density at radius 2 is 2.00 bits per heavy atom. The minimum atomic E-state index is -0.0207. The predicted octanol–water partition coefficient (Wildman–Crippen LogP) is 4.23. The van der Waals surface area contributed by atoms with Crippen LogP contribution in [0.5, 0.6) is 0 Å². The summed E-state index contributed by atoms with van der Waals surface area (Å²) in [4.78, 5) is 13.8. The van der Waals surface area contributed by atoms with Crippen LogP contribution in [0.3, 0.4) is 0 Å².